The van der Waals surface area contributed by atoms with Crippen molar-refractivity contribution in [3.8, 4) is 17.3 Å². The maximum atomic E-state index is 12.5. The summed E-state index contributed by atoms with van der Waals surface area (Å²) in [4.78, 5) is 21.6. The molecule has 1 atom stereocenters. The minimum atomic E-state index is -0.00161. The predicted octanol–water partition coefficient (Wildman–Crippen LogP) is 5.10. The summed E-state index contributed by atoms with van der Waals surface area (Å²) in [6, 6.07) is 14.2. The van der Waals surface area contributed by atoms with E-state index in [4.69, 9.17) is 4.74 Å². The van der Waals surface area contributed by atoms with Crippen LogP contribution in [0.25, 0.3) is 22.4 Å². The first-order chi connectivity index (χ1) is 15.3. The number of nitrogens with zero attached hydrogens (tertiary/aromatic N) is 4. The second-order valence-corrected chi connectivity index (χ2v) is 8.51. The summed E-state index contributed by atoms with van der Waals surface area (Å²) in [5.74, 6) is 0.621. The van der Waals surface area contributed by atoms with Crippen LogP contribution in [-0.4, -0.2) is 32.1 Å². The van der Waals surface area contributed by atoms with E-state index >= 15 is 0 Å². The van der Waals surface area contributed by atoms with Gasteiger partial charge in [-0.25, -0.2) is 4.68 Å². The fraction of sp³-hybridized carbons (Fsp3) is 0.308. The summed E-state index contributed by atoms with van der Waals surface area (Å²) in [5, 5.41) is 5.58. The molecule has 0 amide bonds. The normalized spacial score (nSPS) is 12.2. The van der Waals surface area contributed by atoms with Gasteiger partial charge in [0.25, 0.3) is 0 Å². The highest BCUT2D eigenvalue weighted by molar-refractivity contribution is 5.93. The number of carbonyl (C=O) groups is 1. The van der Waals surface area contributed by atoms with Crippen LogP contribution in [0.15, 0.2) is 48.7 Å². The SMILES string of the molecule is Cc1ccc([C@H](C)CC(=O)COc2cc(C)c3c(-c4ccc(C)cn4)nn(C)c3n2)cc1. The van der Waals surface area contributed by atoms with Crippen molar-refractivity contribution in [3.05, 3.63) is 70.9 Å². The van der Waals surface area contributed by atoms with Gasteiger partial charge < -0.3 is 4.74 Å². The van der Waals surface area contributed by atoms with Crippen molar-refractivity contribution < 1.29 is 9.53 Å². The lowest BCUT2D eigenvalue weighted by atomic mass is 9.95. The van der Waals surface area contributed by atoms with Crippen LogP contribution in [0.1, 0.15) is 41.5 Å². The molecule has 0 fully saturated rings. The molecule has 0 bridgehead atoms. The molecule has 0 aliphatic rings. The number of Topliss-reactive ketones (excluding diaryl/α,β-unsaturated/α-hetero) is 1. The zero-order valence-corrected chi connectivity index (χ0v) is 19.2. The van der Waals surface area contributed by atoms with E-state index in [2.05, 4.69) is 53.2 Å². The van der Waals surface area contributed by atoms with Crippen molar-refractivity contribution in [2.24, 2.45) is 7.05 Å². The molecule has 0 saturated heterocycles. The number of fused-ring (bicyclic) bond motifs is 1. The van der Waals surface area contributed by atoms with Gasteiger partial charge >= 0.3 is 0 Å². The first-order valence-corrected chi connectivity index (χ1v) is 10.8. The van der Waals surface area contributed by atoms with Crippen molar-refractivity contribution >= 4 is 16.8 Å². The summed E-state index contributed by atoms with van der Waals surface area (Å²) in [5.41, 5.74) is 6.76. The Hall–Kier alpha value is -3.54. The predicted molar refractivity (Wildman–Crippen MR) is 126 cm³/mol. The first kappa shape index (κ1) is 21.7. The summed E-state index contributed by atoms with van der Waals surface area (Å²) in [6.07, 6.45) is 2.26. The van der Waals surface area contributed by atoms with Crippen LogP contribution in [0.5, 0.6) is 5.88 Å². The Morgan fingerprint density at radius 2 is 1.78 bits per heavy atom. The highest BCUT2D eigenvalue weighted by atomic mass is 16.5. The summed E-state index contributed by atoms with van der Waals surface area (Å²) < 4.78 is 7.51. The molecule has 1 aromatic carbocycles. The third-order valence-electron chi connectivity index (χ3n) is 5.68. The van der Waals surface area contributed by atoms with E-state index < -0.39 is 0 Å². The highest BCUT2D eigenvalue weighted by Gasteiger charge is 2.18. The van der Waals surface area contributed by atoms with Gasteiger partial charge in [0.2, 0.25) is 5.88 Å². The third kappa shape index (κ3) is 4.54. The van der Waals surface area contributed by atoms with Crippen molar-refractivity contribution in [1.29, 1.82) is 0 Å². The van der Waals surface area contributed by atoms with Crippen LogP contribution in [-0.2, 0) is 11.8 Å². The van der Waals surface area contributed by atoms with Crippen LogP contribution >= 0.6 is 0 Å². The molecule has 6 nitrogen and oxygen atoms in total. The summed E-state index contributed by atoms with van der Waals surface area (Å²) >= 11 is 0. The average molecular weight is 429 g/mol. The summed E-state index contributed by atoms with van der Waals surface area (Å²) in [7, 11) is 1.85. The molecule has 0 N–H and O–H groups in total. The van der Waals surface area contributed by atoms with Gasteiger partial charge in [-0.2, -0.15) is 10.1 Å². The molecular formula is C26H28N4O2. The third-order valence-corrected chi connectivity index (χ3v) is 5.68. The average Bonchev–Trinajstić information content (AvgIpc) is 3.10. The molecule has 0 aliphatic carbocycles. The second kappa shape index (κ2) is 8.91. The van der Waals surface area contributed by atoms with Gasteiger partial charge in [0, 0.05) is 25.7 Å². The van der Waals surface area contributed by atoms with Crippen LogP contribution in [0, 0.1) is 20.8 Å². The van der Waals surface area contributed by atoms with Crippen molar-refractivity contribution in [1.82, 2.24) is 19.7 Å². The van der Waals surface area contributed by atoms with Gasteiger partial charge in [0.1, 0.15) is 12.3 Å². The molecule has 164 valence electrons. The van der Waals surface area contributed by atoms with Gasteiger partial charge in [-0.1, -0.05) is 42.8 Å². The number of aryl methyl sites for hydroxylation is 4. The van der Waals surface area contributed by atoms with E-state index in [1.807, 2.05) is 45.3 Å². The number of hydrogen-bond donors (Lipinski definition) is 0. The minimum Gasteiger partial charge on any atom is -0.470 e. The standard InChI is InChI=1S/C26H28N4O2/c1-16-6-9-20(10-7-16)18(3)12-21(31)15-32-23-13-19(4)24-25(29-30(5)26(24)28-23)22-11-8-17(2)14-27-22/h6-11,13-14,18H,12,15H2,1-5H3/t18-/m1/s1. The van der Waals surface area contributed by atoms with Gasteiger partial charge in [-0.15, -0.1) is 0 Å². The number of carbonyl (C=O) groups excluding carboxylic acids is 1. The summed E-state index contributed by atoms with van der Waals surface area (Å²) in [6.45, 7) is 8.12. The Morgan fingerprint density at radius 3 is 2.47 bits per heavy atom. The molecule has 4 rings (SSSR count). The topological polar surface area (TPSA) is 69.9 Å². The Balaban J connectivity index is 1.49. The number of hydrogen-bond acceptors (Lipinski definition) is 5. The molecule has 3 aromatic heterocycles. The lowest BCUT2D eigenvalue weighted by Crippen LogP contribution is -2.14. The number of pyridine rings is 2. The fourth-order valence-corrected chi connectivity index (χ4v) is 3.83. The van der Waals surface area contributed by atoms with E-state index in [1.165, 1.54) is 5.56 Å². The zero-order valence-electron chi connectivity index (χ0n) is 19.2. The van der Waals surface area contributed by atoms with Crippen molar-refractivity contribution in [2.45, 2.75) is 40.0 Å². The van der Waals surface area contributed by atoms with E-state index in [-0.39, 0.29) is 18.3 Å². The molecule has 0 aliphatic heterocycles. The molecular weight excluding hydrogens is 400 g/mol. The molecule has 4 aromatic rings. The van der Waals surface area contributed by atoms with E-state index in [0.717, 1.165) is 33.5 Å². The molecule has 0 unspecified atom stereocenters. The number of benzene rings is 1. The Bertz CT molecular complexity index is 1260. The molecule has 0 radical (unpaired) electrons. The van der Waals surface area contributed by atoms with Crippen molar-refractivity contribution in [2.75, 3.05) is 6.61 Å². The van der Waals surface area contributed by atoms with Crippen molar-refractivity contribution in [3.63, 3.8) is 0 Å². The van der Waals surface area contributed by atoms with E-state index in [1.54, 1.807) is 4.68 Å². The maximum Gasteiger partial charge on any atom is 0.215 e. The van der Waals surface area contributed by atoms with Crippen LogP contribution in [0.4, 0.5) is 0 Å². The van der Waals surface area contributed by atoms with Crippen LogP contribution in [0.2, 0.25) is 0 Å². The zero-order chi connectivity index (χ0) is 22.8. The Morgan fingerprint density at radius 1 is 1.06 bits per heavy atom. The van der Waals surface area contributed by atoms with E-state index in [0.29, 0.717) is 17.9 Å². The minimum absolute atomic E-state index is 0.00161. The number of ether oxygens (including phenoxy) is 1. The molecule has 3 heterocycles. The van der Waals surface area contributed by atoms with E-state index in [9.17, 15) is 4.79 Å². The van der Waals surface area contributed by atoms with Crippen LogP contribution in [0.3, 0.4) is 0 Å². The quantitative estimate of drug-likeness (QED) is 0.410. The lowest BCUT2D eigenvalue weighted by molar-refractivity contribution is -0.121. The molecule has 0 spiro atoms. The van der Waals surface area contributed by atoms with Crippen LogP contribution < -0.4 is 4.74 Å². The molecule has 0 saturated carbocycles. The highest BCUT2D eigenvalue weighted by Crippen LogP contribution is 2.30. The smallest absolute Gasteiger partial charge is 0.215 e. The van der Waals surface area contributed by atoms with Gasteiger partial charge in [0.05, 0.1) is 11.1 Å². The Labute approximate surface area is 188 Å². The number of rotatable bonds is 7. The largest absolute Gasteiger partial charge is 0.470 e. The maximum absolute atomic E-state index is 12.5. The molecule has 32 heavy (non-hydrogen) atoms. The Kier molecular flexibility index (Phi) is 6.04. The number of ketones is 1. The van der Waals surface area contributed by atoms with Gasteiger partial charge in [0.15, 0.2) is 11.4 Å². The van der Waals surface area contributed by atoms with Gasteiger partial charge in [-0.3, -0.25) is 9.78 Å². The molecule has 6 heteroatoms. The lowest BCUT2D eigenvalue weighted by Gasteiger charge is -2.12. The first-order valence-electron chi connectivity index (χ1n) is 10.8. The fourth-order valence-electron chi connectivity index (χ4n) is 3.83. The van der Waals surface area contributed by atoms with Gasteiger partial charge in [-0.05, 0) is 49.4 Å². The second-order valence-electron chi connectivity index (χ2n) is 8.51. The monoisotopic (exact) mass is 428 g/mol. The number of aromatic nitrogens is 4.